The topological polar surface area (TPSA) is 88.5 Å². The Labute approximate surface area is 144 Å². The van der Waals surface area contributed by atoms with Crippen molar-refractivity contribution in [2.45, 2.75) is 6.42 Å². The molecule has 0 radical (unpaired) electrons. The summed E-state index contributed by atoms with van der Waals surface area (Å²) in [5, 5.41) is 11.9. The summed E-state index contributed by atoms with van der Waals surface area (Å²) in [6.45, 7) is 2.79. The van der Waals surface area contributed by atoms with Crippen LogP contribution < -0.4 is 4.90 Å². The molecule has 0 atom stereocenters. The van der Waals surface area contributed by atoms with Gasteiger partial charge in [-0.3, -0.25) is 4.79 Å². The average molecular weight is 339 g/mol. The molecular weight excluding hydrogens is 322 g/mol. The van der Waals surface area contributed by atoms with Crippen molar-refractivity contribution in [2.24, 2.45) is 0 Å². The minimum Gasteiger partial charge on any atom is -0.461 e. The molecule has 0 aliphatic carbocycles. The van der Waals surface area contributed by atoms with Crippen molar-refractivity contribution in [1.82, 2.24) is 20.3 Å². The first-order valence-corrected chi connectivity index (χ1v) is 8.14. The maximum atomic E-state index is 12.7. The van der Waals surface area contributed by atoms with Crippen LogP contribution in [0.1, 0.15) is 16.9 Å². The van der Waals surface area contributed by atoms with Gasteiger partial charge in [0, 0.05) is 38.4 Å². The Morgan fingerprint density at radius 1 is 1.08 bits per heavy atom. The molecule has 1 aliphatic rings. The van der Waals surface area contributed by atoms with Crippen LogP contribution in [0.5, 0.6) is 0 Å². The number of carbonyl (C=O) groups excluding carboxylic acids is 1. The first kappa shape index (κ1) is 15.4. The fourth-order valence-electron chi connectivity index (χ4n) is 2.88. The van der Waals surface area contributed by atoms with E-state index >= 15 is 0 Å². The third-order valence-electron chi connectivity index (χ3n) is 4.16. The highest BCUT2D eigenvalue weighted by molar-refractivity contribution is 5.93. The molecule has 3 aromatic rings. The summed E-state index contributed by atoms with van der Waals surface area (Å²) in [7, 11) is 0. The zero-order chi connectivity index (χ0) is 17.1. The van der Waals surface area contributed by atoms with Crippen LogP contribution in [0.25, 0.3) is 11.5 Å². The summed E-state index contributed by atoms with van der Waals surface area (Å²) < 4.78 is 10.5. The Bertz CT molecular complexity index is 831. The first-order valence-electron chi connectivity index (χ1n) is 8.14. The number of carbonyl (C=O) groups is 1. The molecule has 4 rings (SSSR count). The van der Waals surface area contributed by atoms with Crippen LogP contribution in [-0.2, 0) is 0 Å². The highest BCUT2D eigenvalue weighted by Gasteiger charge is 2.24. The monoisotopic (exact) mass is 339 g/mol. The lowest BCUT2D eigenvalue weighted by molar-refractivity contribution is 0.0756. The third kappa shape index (κ3) is 3.23. The molecule has 128 valence electrons. The lowest BCUT2D eigenvalue weighted by Gasteiger charge is -2.21. The van der Waals surface area contributed by atoms with E-state index in [0.717, 1.165) is 18.8 Å². The molecule has 1 aliphatic heterocycles. The number of hydrogen-bond acceptors (Lipinski definition) is 7. The van der Waals surface area contributed by atoms with E-state index < -0.39 is 0 Å². The lowest BCUT2D eigenvalue weighted by Crippen LogP contribution is -2.35. The molecule has 1 saturated heterocycles. The maximum Gasteiger partial charge on any atom is 0.276 e. The van der Waals surface area contributed by atoms with Crippen molar-refractivity contribution < 1.29 is 13.7 Å². The maximum absolute atomic E-state index is 12.7. The average Bonchev–Trinajstić information content (AvgIpc) is 3.29. The van der Waals surface area contributed by atoms with Crippen molar-refractivity contribution in [2.75, 3.05) is 31.1 Å². The Morgan fingerprint density at radius 2 is 2.04 bits per heavy atom. The Morgan fingerprint density at radius 3 is 2.84 bits per heavy atom. The molecule has 8 nitrogen and oxygen atoms in total. The van der Waals surface area contributed by atoms with Crippen LogP contribution in [0.4, 0.5) is 5.82 Å². The van der Waals surface area contributed by atoms with E-state index in [1.807, 2.05) is 12.1 Å². The number of anilines is 1. The number of hydrogen-bond donors (Lipinski definition) is 0. The van der Waals surface area contributed by atoms with Gasteiger partial charge in [-0.2, -0.15) is 5.10 Å². The fraction of sp³-hybridized carbons (Fsp3) is 0.294. The van der Waals surface area contributed by atoms with E-state index in [1.165, 1.54) is 0 Å². The van der Waals surface area contributed by atoms with E-state index in [9.17, 15) is 4.79 Å². The SMILES string of the molecule is O=C(c1cc(-c2ccco2)on1)N1CCCN(c2cccnn2)CC1. The number of aromatic nitrogens is 3. The van der Waals surface area contributed by atoms with Gasteiger partial charge in [-0.1, -0.05) is 5.16 Å². The van der Waals surface area contributed by atoms with E-state index in [2.05, 4.69) is 20.3 Å². The summed E-state index contributed by atoms with van der Waals surface area (Å²) in [6, 6.07) is 8.93. The molecule has 0 saturated carbocycles. The van der Waals surface area contributed by atoms with Gasteiger partial charge in [0.25, 0.3) is 5.91 Å². The molecule has 0 aromatic carbocycles. The molecule has 0 unspecified atom stereocenters. The highest BCUT2D eigenvalue weighted by atomic mass is 16.5. The minimum atomic E-state index is -0.137. The van der Waals surface area contributed by atoms with Crippen molar-refractivity contribution in [3.63, 3.8) is 0 Å². The van der Waals surface area contributed by atoms with E-state index in [0.29, 0.717) is 36.8 Å². The van der Waals surface area contributed by atoms with Gasteiger partial charge in [0.05, 0.1) is 6.26 Å². The zero-order valence-corrected chi connectivity index (χ0v) is 13.5. The Kier molecular flexibility index (Phi) is 4.16. The molecule has 1 fully saturated rings. The standard InChI is InChI=1S/C17H17N5O3/c23-17(13-12-15(25-20-13)14-4-2-11-24-14)22-8-3-7-21(9-10-22)16-5-1-6-18-19-16/h1-2,4-6,11-12H,3,7-10H2. The van der Waals surface area contributed by atoms with E-state index in [4.69, 9.17) is 8.94 Å². The van der Waals surface area contributed by atoms with Crippen molar-refractivity contribution >= 4 is 11.7 Å². The van der Waals surface area contributed by atoms with Crippen LogP contribution >= 0.6 is 0 Å². The number of amides is 1. The van der Waals surface area contributed by atoms with Gasteiger partial charge in [0.1, 0.15) is 0 Å². The molecule has 4 heterocycles. The molecule has 8 heteroatoms. The van der Waals surface area contributed by atoms with Gasteiger partial charge in [-0.05, 0) is 30.7 Å². The predicted octanol–water partition coefficient (Wildman–Crippen LogP) is 2.08. The van der Waals surface area contributed by atoms with Crippen molar-refractivity contribution in [3.8, 4) is 11.5 Å². The van der Waals surface area contributed by atoms with Crippen molar-refractivity contribution in [1.29, 1.82) is 0 Å². The second-order valence-electron chi connectivity index (χ2n) is 5.77. The summed E-state index contributed by atoms with van der Waals surface area (Å²) in [5.41, 5.74) is 0.291. The van der Waals surface area contributed by atoms with Crippen LogP contribution in [0.2, 0.25) is 0 Å². The summed E-state index contributed by atoms with van der Waals surface area (Å²) in [5.74, 6) is 1.70. The van der Waals surface area contributed by atoms with Crippen LogP contribution in [-0.4, -0.2) is 52.3 Å². The van der Waals surface area contributed by atoms with Crippen LogP contribution in [0.15, 0.2) is 51.7 Å². The number of furan rings is 1. The molecule has 3 aromatic heterocycles. The molecule has 0 bridgehead atoms. The molecule has 0 spiro atoms. The number of nitrogens with zero attached hydrogens (tertiary/aromatic N) is 5. The fourth-order valence-corrected chi connectivity index (χ4v) is 2.88. The van der Waals surface area contributed by atoms with Gasteiger partial charge in [-0.15, -0.1) is 5.10 Å². The normalized spacial score (nSPS) is 15.2. The third-order valence-corrected chi connectivity index (χ3v) is 4.16. The van der Waals surface area contributed by atoms with Gasteiger partial charge < -0.3 is 18.7 Å². The summed E-state index contributed by atoms with van der Waals surface area (Å²) in [4.78, 5) is 16.6. The van der Waals surface area contributed by atoms with Gasteiger partial charge in [0.2, 0.25) is 5.76 Å². The molecule has 25 heavy (non-hydrogen) atoms. The van der Waals surface area contributed by atoms with Gasteiger partial charge in [0.15, 0.2) is 17.3 Å². The highest BCUT2D eigenvalue weighted by Crippen LogP contribution is 2.21. The first-order chi connectivity index (χ1) is 12.3. The Hall–Kier alpha value is -3.16. The second kappa shape index (κ2) is 6.76. The minimum absolute atomic E-state index is 0.137. The Balaban J connectivity index is 1.44. The van der Waals surface area contributed by atoms with E-state index in [-0.39, 0.29) is 5.91 Å². The predicted molar refractivity (Wildman–Crippen MR) is 89.0 cm³/mol. The summed E-state index contributed by atoms with van der Waals surface area (Å²) in [6.07, 6.45) is 4.05. The lowest BCUT2D eigenvalue weighted by atomic mass is 10.3. The van der Waals surface area contributed by atoms with Crippen molar-refractivity contribution in [3.05, 3.63) is 48.5 Å². The zero-order valence-electron chi connectivity index (χ0n) is 13.5. The van der Waals surface area contributed by atoms with E-state index in [1.54, 1.807) is 35.6 Å². The molecule has 1 amide bonds. The largest absolute Gasteiger partial charge is 0.461 e. The van der Waals surface area contributed by atoms with Gasteiger partial charge >= 0.3 is 0 Å². The molecular formula is C17H17N5O3. The van der Waals surface area contributed by atoms with Crippen LogP contribution in [0, 0.1) is 0 Å². The molecule has 0 N–H and O–H groups in total. The number of rotatable bonds is 3. The summed E-state index contributed by atoms with van der Waals surface area (Å²) >= 11 is 0. The quantitative estimate of drug-likeness (QED) is 0.722. The van der Waals surface area contributed by atoms with Gasteiger partial charge in [-0.25, -0.2) is 0 Å². The second-order valence-corrected chi connectivity index (χ2v) is 5.77. The van der Waals surface area contributed by atoms with Crippen LogP contribution in [0.3, 0.4) is 0 Å². The smallest absolute Gasteiger partial charge is 0.276 e.